The van der Waals surface area contributed by atoms with Crippen LogP contribution in [0, 0.1) is 0 Å². The molecule has 0 aliphatic rings. The fourth-order valence-electron chi connectivity index (χ4n) is 1.24. The number of allylic oxidation sites excluding steroid dienone is 2. The van der Waals surface area contributed by atoms with Gasteiger partial charge in [0.1, 0.15) is 6.61 Å². The minimum Gasteiger partial charge on any atom is -0.462 e. The third-order valence-electron chi connectivity index (χ3n) is 2.09. The molecule has 7 heteroatoms. The summed E-state index contributed by atoms with van der Waals surface area (Å²) in [5, 5.41) is 0. The highest BCUT2D eigenvalue weighted by Crippen LogP contribution is 2.05. The molecule has 0 saturated heterocycles. The molecule has 0 fully saturated rings. The van der Waals surface area contributed by atoms with Crippen molar-refractivity contribution in [3.05, 3.63) is 23.5 Å². The summed E-state index contributed by atoms with van der Waals surface area (Å²) >= 11 is 1.68. The number of carbonyl (C=O) groups excluding carboxylic acids is 2. The number of hydrogen-bond acceptors (Lipinski definition) is 7. The Morgan fingerprint density at radius 2 is 1.43 bits per heavy atom. The molecule has 0 rings (SSSR count). The van der Waals surface area contributed by atoms with Crippen molar-refractivity contribution in [2.75, 3.05) is 24.7 Å². The van der Waals surface area contributed by atoms with E-state index in [2.05, 4.69) is 0 Å². The molecule has 6 nitrogen and oxygen atoms in total. The molecule has 0 aromatic heterocycles. The lowest BCUT2D eigenvalue weighted by molar-refractivity contribution is -0.138. The lowest BCUT2D eigenvalue weighted by Gasteiger charge is -2.04. The third kappa shape index (κ3) is 14.6. The first-order valence-electron chi connectivity index (χ1n) is 6.70. The molecule has 0 unspecified atom stereocenters. The zero-order valence-corrected chi connectivity index (χ0v) is 13.4. The van der Waals surface area contributed by atoms with Crippen LogP contribution >= 0.6 is 11.8 Å². The van der Waals surface area contributed by atoms with Gasteiger partial charge in [0.15, 0.2) is 0 Å². The molecule has 0 spiro atoms. The number of ether oxygens (including phenoxy) is 2. The van der Waals surface area contributed by atoms with Crippen molar-refractivity contribution in [3.63, 3.8) is 0 Å². The summed E-state index contributed by atoms with van der Waals surface area (Å²) in [6, 6.07) is 0. The summed E-state index contributed by atoms with van der Waals surface area (Å²) in [5.74, 6) is 0.841. The number of nitrogens with two attached hydrogens (primary N) is 2. The Hall–Kier alpha value is -1.63. The van der Waals surface area contributed by atoms with Crippen molar-refractivity contribution in [1.29, 1.82) is 0 Å². The lowest BCUT2D eigenvalue weighted by Crippen LogP contribution is -2.07. The quantitative estimate of drug-likeness (QED) is 0.356. The van der Waals surface area contributed by atoms with Gasteiger partial charge in [0.25, 0.3) is 0 Å². The van der Waals surface area contributed by atoms with Crippen LogP contribution in [0.4, 0.5) is 0 Å². The largest absolute Gasteiger partial charge is 0.462 e. The maximum atomic E-state index is 11.1. The van der Waals surface area contributed by atoms with E-state index < -0.39 is 11.9 Å². The molecule has 21 heavy (non-hydrogen) atoms. The second-order valence-electron chi connectivity index (χ2n) is 4.43. The van der Waals surface area contributed by atoms with Crippen LogP contribution in [0.15, 0.2) is 23.5 Å². The van der Waals surface area contributed by atoms with Crippen molar-refractivity contribution in [2.24, 2.45) is 11.5 Å². The van der Waals surface area contributed by atoms with Crippen molar-refractivity contribution in [3.8, 4) is 0 Å². The van der Waals surface area contributed by atoms with E-state index >= 15 is 0 Å². The lowest BCUT2D eigenvalue weighted by atomic mass is 10.3. The van der Waals surface area contributed by atoms with Crippen LogP contribution in [0.5, 0.6) is 0 Å². The van der Waals surface area contributed by atoms with Crippen LogP contribution in [0.2, 0.25) is 0 Å². The fraction of sp³-hybridized carbons (Fsp3) is 0.571. The van der Waals surface area contributed by atoms with Crippen LogP contribution in [0.1, 0.15) is 26.7 Å². The maximum absolute atomic E-state index is 11.1. The maximum Gasteiger partial charge on any atom is 0.332 e. The smallest absolute Gasteiger partial charge is 0.332 e. The summed E-state index contributed by atoms with van der Waals surface area (Å²) in [6.07, 6.45) is 4.25. The second-order valence-corrected chi connectivity index (χ2v) is 5.66. The van der Waals surface area contributed by atoms with Gasteiger partial charge in [-0.15, -0.1) is 0 Å². The molecular formula is C14H24N2O4S. The van der Waals surface area contributed by atoms with E-state index in [0.29, 0.717) is 24.6 Å². The molecule has 0 amide bonds. The van der Waals surface area contributed by atoms with Crippen LogP contribution < -0.4 is 11.5 Å². The van der Waals surface area contributed by atoms with E-state index in [4.69, 9.17) is 20.9 Å². The monoisotopic (exact) mass is 316 g/mol. The normalized spacial score (nSPS) is 12.1. The third-order valence-corrected chi connectivity index (χ3v) is 3.12. The minimum absolute atomic E-state index is 0.364. The molecule has 0 aromatic rings. The number of unbranched alkanes of at least 4 members (excludes halogenated alkanes) is 1. The molecule has 0 aliphatic heterocycles. The highest BCUT2D eigenvalue weighted by molar-refractivity contribution is 7.99. The van der Waals surface area contributed by atoms with E-state index in [9.17, 15) is 9.59 Å². The van der Waals surface area contributed by atoms with E-state index in [1.807, 2.05) is 0 Å². The average Bonchev–Trinajstić information content (AvgIpc) is 2.34. The van der Waals surface area contributed by atoms with Crippen LogP contribution in [0.3, 0.4) is 0 Å². The Kier molecular flexibility index (Phi) is 11.2. The first-order chi connectivity index (χ1) is 9.91. The molecule has 0 atom stereocenters. The Labute approximate surface area is 129 Å². The summed E-state index contributed by atoms with van der Waals surface area (Å²) in [4.78, 5) is 22.2. The highest BCUT2D eigenvalue weighted by Gasteiger charge is 1.99. The second kappa shape index (κ2) is 12.1. The number of rotatable bonds is 10. The fourth-order valence-corrected chi connectivity index (χ4v) is 2.05. The average molecular weight is 316 g/mol. The van der Waals surface area contributed by atoms with E-state index in [-0.39, 0.29) is 0 Å². The molecule has 4 N–H and O–H groups in total. The molecule has 0 heterocycles. The Morgan fingerprint density at radius 1 is 0.905 bits per heavy atom. The molecule has 0 bridgehead atoms. The first-order valence-corrected chi connectivity index (χ1v) is 7.86. The van der Waals surface area contributed by atoms with E-state index in [0.717, 1.165) is 24.3 Å². The molecule has 0 aromatic carbocycles. The van der Waals surface area contributed by atoms with Crippen LogP contribution in [-0.4, -0.2) is 36.7 Å². The molecule has 0 radical (unpaired) electrons. The number of thioether (sulfide) groups is 1. The van der Waals surface area contributed by atoms with Gasteiger partial charge in [0.2, 0.25) is 0 Å². The summed E-state index contributed by atoms with van der Waals surface area (Å²) < 4.78 is 9.90. The van der Waals surface area contributed by atoms with Gasteiger partial charge in [-0.3, -0.25) is 0 Å². The van der Waals surface area contributed by atoms with Gasteiger partial charge < -0.3 is 20.9 Å². The zero-order chi connectivity index (χ0) is 16.1. The molecule has 0 aliphatic carbocycles. The number of hydrogen-bond donors (Lipinski definition) is 2. The Bertz CT molecular complexity index is 350. The number of carbonyl (C=O) groups is 2. The summed E-state index contributed by atoms with van der Waals surface area (Å²) in [5.41, 5.74) is 11.6. The van der Waals surface area contributed by atoms with Crippen molar-refractivity contribution >= 4 is 23.7 Å². The zero-order valence-electron chi connectivity index (χ0n) is 12.6. The summed E-state index contributed by atoms with van der Waals surface area (Å²) in [6.45, 7) is 4.02. The Morgan fingerprint density at radius 3 is 1.95 bits per heavy atom. The van der Waals surface area contributed by atoms with Gasteiger partial charge in [-0.05, 0) is 32.4 Å². The highest BCUT2D eigenvalue weighted by atomic mass is 32.2. The molecular weight excluding hydrogens is 292 g/mol. The predicted molar refractivity (Wildman–Crippen MR) is 84.4 cm³/mol. The number of esters is 2. The SMILES string of the molecule is C/C(N)=C/C(=O)OCCCCSCCOC(=O)/C=C(/C)N. The minimum atomic E-state index is -0.411. The van der Waals surface area contributed by atoms with Crippen molar-refractivity contribution < 1.29 is 19.1 Å². The van der Waals surface area contributed by atoms with E-state index in [1.165, 1.54) is 12.2 Å². The van der Waals surface area contributed by atoms with Crippen LogP contribution in [-0.2, 0) is 19.1 Å². The standard InChI is InChI=1S/C14H24N2O4S/c1-11(15)9-13(17)19-5-3-4-7-21-8-6-20-14(18)10-12(2)16/h9-10H,3-8,15-16H2,1-2H3/b11-9-,12-10-. The first kappa shape index (κ1) is 19.4. The van der Waals surface area contributed by atoms with Gasteiger partial charge in [-0.25, -0.2) is 9.59 Å². The van der Waals surface area contributed by atoms with Crippen molar-refractivity contribution in [2.45, 2.75) is 26.7 Å². The predicted octanol–water partition coefficient (Wildman–Crippen LogP) is 1.31. The summed E-state index contributed by atoms with van der Waals surface area (Å²) in [7, 11) is 0. The van der Waals surface area contributed by atoms with Crippen LogP contribution in [0.25, 0.3) is 0 Å². The van der Waals surface area contributed by atoms with E-state index in [1.54, 1.807) is 25.6 Å². The molecule has 120 valence electrons. The van der Waals surface area contributed by atoms with Gasteiger partial charge in [0.05, 0.1) is 6.61 Å². The van der Waals surface area contributed by atoms with Gasteiger partial charge in [-0.1, -0.05) is 0 Å². The van der Waals surface area contributed by atoms with Crippen molar-refractivity contribution in [1.82, 2.24) is 0 Å². The topological polar surface area (TPSA) is 105 Å². The Balaban J connectivity index is 3.38. The van der Waals surface area contributed by atoms with Gasteiger partial charge >= 0.3 is 11.9 Å². The van der Waals surface area contributed by atoms with Gasteiger partial charge in [0, 0.05) is 29.3 Å². The van der Waals surface area contributed by atoms with Gasteiger partial charge in [-0.2, -0.15) is 11.8 Å². The molecule has 0 saturated carbocycles.